The van der Waals surface area contributed by atoms with Gasteiger partial charge in [0.05, 0.1) is 0 Å². The maximum absolute atomic E-state index is 4.26. The van der Waals surface area contributed by atoms with E-state index in [9.17, 15) is 0 Å². The molecule has 1 aromatic heterocycles. The molecular formula is C14H27N3S. The highest BCUT2D eigenvalue weighted by atomic mass is 32.1. The van der Waals surface area contributed by atoms with E-state index in [2.05, 4.69) is 36.3 Å². The molecular weight excluding hydrogens is 242 g/mol. The van der Waals surface area contributed by atoms with Gasteiger partial charge in [0.1, 0.15) is 10.0 Å². The minimum absolute atomic E-state index is 0.510. The maximum Gasteiger partial charge on any atom is 0.131 e. The number of aromatic nitrogens is 2. The summed E-state index contributed by atoms with van der Waals surface area (Å²) < 4.78 is 0. The van der Waals surface area contributed by atoms with Crippen molar-refractivity contribution in [2.45, 2.75) is 78.3 Å². The summed E-state index contributed by atoms with van der Waals surface area (Å²) in [6.07, 6.45) is 9.15. The lowest BCUT2D eigenvalue weighted by atomic mass is 10.1. The van der Waals surface area contributed by atoms with E-state index in [0.29, 0.717) is 6.04 Å². The summed E-state index contributed by atoms with van der Waals surface area (Å²) in [7, 11) is 0. The summed E-state index contributed by atoms with van der Waals surface area (Å²) in [6, 6.07) is 0.510. The van der Waals surface area contributed by atoms with Crippen molar-refractivity contribution in [1.82, 2.24) is 15.5 Å². The Morgan fingerprint density at radius 2 is 1.67 bits per heavy atom. The molecule has 0 aliphatic heterocycles. The van der Waals surface area contributed by atoms with Crippen LogP contribution in [-0.2, 0) is 13.0 Å². The largest absolute Gasteiger partial charge is 0.308 e. The van der Waals surface area contributed by atoms with Gasteiger partial charge < -0.3 is 5.32 Å². The van der Waals surface area contributed by atoms with Crippen molar-refractivity contribution in [3.8, 4) is 0 Å². The predicted octanol–water partition coefficient (Wildman–Crippen LogP) is 3.94. The zero-order valence-electron chi connectivity index (χ0n) is 12.0. The molecule has 0 bridgehead atoms. The summed E-state index contributed by atoms with van der Waals surface area (Å²) in [5.41, 5.74) is 0. The standard InChI is InChI=1S/C14H27N3S/c1-4-5-6-7-8-9-10-13-16-17-14(18-13)11-15-12(2)3/h12,15H,4-11H2,1-3H3. The minimum atomic E-state index is 0.510. The summed E-state index contributed by atoms with van der Waals surface area (Å²) in [5, 5.41) is 14.2. The van der Waals surface area contributed by atoms with Crippen molar-refractivity contribution in [3.63, 3.8) is 0 Å². The number of rotatable bonds is 10. The summed E-state index contributed by atoms with van der Waals surface area (Å²) >= 11 is 1.76. The van der Waals surface area contributed by atoms with E-state index in [1.165, 1.54) is 43.5 Å². The average molecular weight is 269 g/mol. The molecule has 0 aliphatic rings. The van der Waals surface area contributed by atoms with Crippen LogP contribution in [0.4, 0.5) is 0 Å². The predicted molar refractivity (Wildman–Crippen MR) is 79.0 cm³/mol. The van der Waals surface area contributed by atoms with Crippen molar-refractivity contribution in [2.24, 2.45) is 0 Å². The average Bonchev–Trinajstić information content (AvgIpc) is 2.79. The Bertz CT molecular complexity index is 310. The van der Waals surface area contributed by atoms with Gasteiger partial charge in [0.25, 0.3) is 0 Å². The number of hydrogen-bond donors (Lipinski definition) is 1. The first kappa shape index (κ1) is 15.6. The fourth-order valence-corrected chi connectivity index (χ4v) is 2.65. The van der Waals surface area contributed by atoms with E-state index in [1.807, 2.05) is 0 Å². The SMILES string of the molecule is CCCCCCCCc1nnc(CNC(C)C)s1. The highest BCUT2D eigenvalue weighted by molar-refractivity contribution is 7.11. The van der Waals surface area contributed by atoms with Gasteiger partial charge in [0.15, 0.2) is 0 Å². The first-order valence-corrected chi connectivity index (χ1v) is 8.08. The quantitative estimate of drug-likeness (QED) is 0.654. The molecule has 104 valence electrons. The third-order valence-electron chi connectivity index (χ3n) is 2.91. The van der Waals surface area contributed by atoms with Crippen LogP contribution in [0.5, 0.6) is 0 Å². The van der Waals surface area contributed by atoms with Gasteiger partial charge in [-0.2, -0.15) is 0 Å². The lowest BCUT2D eigenvalue weighted by molar-refractivity contribution is 0.584. The summed E-state index contributed by atoms with van der Waals surface area (Å²) in [4.78, 5) is 0. The molecule has 4 heteroatoms. The van der Waals surface area contributed by atoms with Crippen LogP contribution >= 0.6 is 11.3 Å². The Kier molecular flexibility index (Phi) is 8.18. The van der Waals surface area contributed by atoms with Crippen LogP contribution in [0.1, 0.15) is 69.3 Å². The number of nitrogens with zero attached hydrogens (tertiary/aromatic N) is 2. The van der Waals surface area contributed by atoms with Gasteiger partial charge in [0.2, 0.25) is 0 Å². The Hall–Kier alpha value is -0.480. The lowest BCUT2D eigenvalue weighted by Crippen LogP contribution is -2.21. The van der Waals surface area contributed by atoms with Crippen LogP contribution in [0.15, 0.2) is 0 Å². The van der Waals surface area contributed by atoms with E-state index in [0.717, 1.165) is 18.0 Å². The second-order valence-corrected chi connectivity index (χ2v) is 6.29. The van der Waals surface area contributed by atoms with Gasteiger partial charge in [0, 0.05) is 19.0 Å². The molecule has 3 nitrogen and oxygen atoms in total. The van der Waals surface area contributed by atoms with Gasteiger partial charge in [-0.05, 0) is 6.42 Å². The molecule has 1 aromatic rings. The number of unbranched alkanes of at least 4 members (excludes halogenated alkanes) is 5. The molecule has 0 amide bonds. The van der Waals surface area contributed by atoms with Gasteiger partial charge >= 0.3 is 0 Å². The zero-order chi connectivity index (χ0) is 13.2. The van der Waals surface area contributed by atoms with Gasteiger partial charge in [-0.25, -0.2) is 0 Å². The minimum Gasteiger partial charge on any atom is -0.308 e. The topological polar surface area (TPSA) is 37.8 Å². The number of hydrogen-bond acceptors (Lipinski definition) is 4. The molecule has 0 atom stereocenters. The van der Waals surface area contributed by atoms with E-state index in [4.69, 9.17) is 0 Å². The highest BCUT2D eigenvalue weighted by Crippen LogP contribution is 2.14. The summed E-state index contributed by atoms with van der Waals surface area (Å²) in [5.74, 6) is 0. The molecule has 18 heavy (non-hydrogen) atoms. The van der Waals surface area contributed by atoms with Crippen molar-refractivity contribution in [2.75, 3.05) is 0 Å². The molecule has 1 heterocycles. The molecule has 0 aliphatic carbocycles. The third kappa shape index (κ3) is 7.07. The van der Waals surface area contributed by atoms with Crippen LogP contribution in [0.3, 0.4) is 0 Å². The molecule has 1 rings (SSSR count). The van der Waals surface area contributed by atoms with E-state index >= 15 is 0 Å². The van der Waals surface area contributed by atoms with Crippen LogP contribution in [-0.4, -0.2) is 16.2 Å². The Morgan fingerprint density at radius 1 is 1.00 bits per heavy atom. The van der Waals surface area contributed by atoms with Crippen LogP contribution in [0.25, 0.3) is 0 Å². The second kappa shape index (κ2) is 9.45. The van der Waals surface area contributed by atoms with Crippen molar-refractivity contribution < 1.29 is 0 Å². The van der Waals surface area contributed by atoms with E-state index in [1.54, 1.807) is 11.3 Å². The van der Waals surface area contributed by atoms with E-state index in [-0.39, 0.29) is 0 Å². The molecule has 0 unspecified atom stereocenters. The van der Waals surface area contributed by atoms with Gasteiger partial charge in [-0.1, -0.05) is 52.9 Å². The van der Waals surface area contributed by atoms with Crippen molar-refractivity contribution in [3.05, 3.63) is 10.0 Å². The smallest absolute Gasteiger partial charge is 0.131 e. The lowest BCUT2D eigenvalue weighted by Gasteiger charge is -2.03. The van der Waals surface area contributed by atoms with E-state index < -0.39 is 0 Å². The maximum atomic E-state index is 4.26. The monoisotopic (exact) mass is 269 g/mol. The van der Waals surface area contributed by atoms with Crippen LogP contribution in [0, 0.1) is 0 Å². The normalized spacial score (nSPS) is 11.3. The first-order valence-electron chi connectivity index (χ1n) is 7.27. The highest BCUT2D eigenvalue weighted by Gasteiger charge is 2.04. The molecule has 0 aromatic carbocycles. The van der Waals surface area contributed by atoms with Crippen LogP contribution < -0.4 is 5.32 Å². The first-order chi connectivity index (χ1) is 8.72. The fraction of sp³-hybridized carbons (Fsp3) is 0.857. The Labute approximate surface area is 115 Å². The second-order valence-electron chi connectivity index (χ2n) is 5.14. The molecule has 1 N–H and O–H groups in total. The van der Waals surface area contributed by atoms with Crippen molar-refractivity contribution >= 4 is 11.3 Å². The Morgan fingerprint density at radius 3 is 2.39 bits per heavy atom. The molecule has 0 saturated heterocycles. The molecule has 0 radical (unpaired) electrons. The van der Waals surface area contributed by atoms with Gasteiger partial charge in [-0.15, -0.1) is 21.5 Å². The fourth-order valence-electron chi connectivity index (χ4n) is 1.81. The van der Waals surface area contributed by atoms with Crippen molar-refractivity contribution in [1.29, 1.82) is 0 Å². The molecule has 0 saturated carbocycles. The van der Waals surface area contributed by atoms with Crippen LogP contribution in [0.2, 0.25) is 0 Å². The molecule has 0 spiro atoms. The Balaban J connectivity index is 2.11. The zero-order valence-corrected chi connectivity index (χ0v) is 12.9. The summed E-state index contributed by atoms with van der Waals surface area (Å²) in [6.45, 7) is 7.41. The third-order valence-corrected chi connectivity index (χ3v) is 3.90. The molecule has 0 fully saturated rings. The number of aryl methyl sites for hydroxylation is 1. The van der Waals surface area contributed by atoms with Gasteiger partial charge in [-0.3, -0.25) is 0 Å². The number of nitrogens with one attached hydrogen (secondary N) is 1.